The van der Waals surface area contributed by atoms with Crippen molar-refractivity contribution in [2.24, 2.45) is 5.73 Å². The van der Waals surface area contributed by atoms with Crippen LogP contribution >= 0.6 is 0 Å². The summed E-state index contributed by atoms with van der Waals surface area (Å²) >= 11 is 0. The van der Waals surface area contributed by atoms with Gasteiger partial charge in [0.25, 0.3) is 0 Å². The smallest absolute Gasteiger partial charge is 0.152 e. The third kappa shape index (κ3) is 1.11. The Morgan fingerprint density at radius 2 is 2.44 bits per heavy atom. The van der Waals surface area contributed by atoms with Gasteiger partial charge in [-0.05, 0) is 13.3 Å². The fraction of sp³-hybridized carbons (Fsp3) is 0.833. The average molecular weight is 129 g/mol. The van der Waals surface area contributed by atoms with Crippen molar-refractivity contribution in [3.05, 3.63) is 0 Å². The van der Waals surface area contributed by atoms with Crippen LogP contribution in [0.2, 0.25) is 0 Å². The molecule has 0 aliphatic carbocycles. The molecule has 1 heterocycles. The summed E-state index contributed by atoms with van der Waals surface area (Å²) in [6.07, 6.45) is 0.669. The van der Waals surface area contributed by atoms with E-state index in [9.17, 15) is 4.79 Å². The number of ether oxygens (including phenoxy) is 1. The summed E-state index contributed by atoms with van der Waals surface area (Å²) < 4.78 is 4.98. The number of carbonyl (C=O) groups is 1. The van der Waals surface area contributed by atoms with Crippen LogP contribution in [-0.4, -0.2) is 24.5 Å². The molecule has 1 rings (SSSR count). The molecule has 3 nitrogen and oxygen atoms in total. The minimum Gasteiger partial charge on any atom is -0.379 e. The van der Waals surface area contributed by atoms with E-state index in [1.54, 1.807) is 0 Å². The standard InChI is InChI=1S/C6H11NO2/c1-5(8)6(7)2-3-9-4-6/h2-4,7H2,1H3. The first kappa shape index (κ1) is 6.71. The maximum absolute atomic E-state index is 10.8. The number of hydrogen-bond acceptors (Lipinski definition) is 3. The Bertz CT molecular complexity index is 127. The van der Waals surface area contributed by atoms with Crippen molar-refractivity contribution in [2.75, 3.05) is 13.2 Å². The van der Waals surface area contributed by atoms with E-state index in [4.69, 9.17) is 10.5 Å². The van der Waals surface area contributed by atoms with Crippen LogP contribution in [0.1, 0.15) is 13.3 Å². The Labute approximate surface area is 54.2 Å². The highest BCUT2D eigenvalue weighted by molar-refractivity contribution is 5.86. The first-order chi connectivity index (χ1) is 4.15. The summed E-state index contributed by atoms with van der Waals surface area (Å²) in [4.78, 5) is 10.8. The van der Waals surface area contributed by atoms with Crippen molar-refractivity contribution in [1.82, 2.24) is 0 Å². The number of ketones is 1. The van der Waals surface area contributed by atoms with Gasteiger partial charge in [0.1, 0.15) is 5.54 Å². The monoisotopic (exact) mass is 129 g/mol. The van der Waals surface area contributed by atoms with Gasteiger partial charge in [-0.25, -0.2) is 0 Å². The molecule has 0 radical (unpaired) electrons. The van der Waals surface area contributed by atoms with Crippen molar-refractivity contribution in [3.8, 4) is 0 Å². The third-order valence-corrected chi connectivity index (χ3v) is 1.75. The lowest BCUT2D eigenvalue weighted by atomic mass is 9.96. The molecule has 0 bridgehead atoms. The molecule has 1 unspecified atom stereocenters. The lowest BCUT2D eigenvalue weighted by Crippen LogP contribution is -2.47. The SMILES string of the molecule is CC(=O)C1(N)CCOC1. The number of rotatable bonds is 1. The van der Waals surface area contributed by atoms with Crippen molar-refractivity contribution in [3.63, 3.8) is 0 Å². The fourth-order valence-electron chi connectivity index (χ4n) is 0.858. The summed E-state index contributed by atoms with van der Waals surface area (Å²) in [5, 5.41) is 0. The maximum atomic E-state index is 10.8. The highest BCUT2D eigenvalue weighted by Crippen LogP contribution is 2.15. The summed E-state index contributed by atoms with van der Waals surface area (Å²) in [7, 11) is 0. The molecule has 2 N–H and O–H groups in total. The Morgan fingerprint density at radius 1 is 1.78 bits per heavy atom. The first-order valence-electron chi connectivity index (χ1n) is 3.03. The molecular formula is C6H11NO2. The van der Waals surface area contributed by atoms with Crippen LogP contribution in [0.25, 0.3) is 0 Å². The summed E-state index contributed by atoms with van der Waals surface area (Å²) in [5.74, 6) is 0.0278. The van der Waals surface area contributed by atoms with Gasteiger partial charge in [0, 0.05) is 6.61 Å². The van der Waals surface area contributed by atoms with Crippen LogP contribution in [0.4, 0.5) is 0 Å². The van der Waals surface area contributed by atoms with Crippen LogP contribution in [-0.2, 0) is 9.53 Å². The summed E-state index contributed by atoms with van der Waals surface area (Å²) in [5.41, 5.74) is 4.96. The van der Waals surface area contributed by atoms with Gasteiger partial charge in [0.15, 0.2) is 5.78 Å². The van der Waals surface area contributed by atoms with Crippen molar-refractivity contribution >= 4 is 5.78 Å². The molecule has 52 valence electrons. The zero-order chi connectivity index (χ0) is 6.91. The van der Waals surface area contributed by atoms with E-state index in [0.717, 1.165) is 0 Å². The molecule has 1 fully saturated rings. The molecule has 1 aliphatic heterocycles. The second kappa shape index (κ2) is 2.08. The van der Waals surface area contributed by atoms with Gasteiger partial charge >= 0.3 is 0 Å². The van der Waals surface area contributed by atoms with Crippen molar-refractivity contribution in [2.45, 2.75) is 18.9 Å². The van der Waals surface area contributed by atoms with Gasteiger partial charge in [-0.3, -0.25) is 4.79 Å². The summed E-state index contributed by atoms with van der Waals surface area (Å²) in [6, 6.07) is 0. The maximum Gasteiger partial charge on any atom is 0.152 e. The van der Waals surface area contributed by atoms with Crippen LogP contribution in [0, 0.1) is 0 Å². The molecule has 0 aromatic heterocycles. The minimum absolute atomic E-state index is 0.0278. The highest BCUT2D eigenvalue weighted by Gasteiger charge is 2.34. The minimum atomic E-state index is -0.667. The van der Waals surface area contributed by atoms with Crippen LogP contribution in [0.3, 0.4) is 0 Å². The molecule has 0 aromatic carbocycles. The van der Waals surface area contributed by atoms with E-state index in [2.05, 4.69) is 0 Å². The largest absolute Gasteiger partial charge is 0.379 e. The zero-order valence-electron chi connectivity index (χ0n) is 5.52. The third-order valence-electron chi connectivity index (χ3n) is 1.75. The van der Waals surface area contributed by atoms with E-state index < -0.39 is 5.54 Å². The lowest BCUT2D eigenvalue weighted by Gasteiger charge is -2.16. The second-order valence-electron chi connectivity index (χ2n) is 2.51. The van der Waals surface area contributed by atoms with E-state index in [1.165, 1.54) is 6.92 Å². The van der Waals surface area contributed by atoms with Gasteiger partial charge in [-0.2, -0.15) is 0 Å². The zero-order valence-corrected chi connectivity index (χ0v) is 5.52. The lowest BCUT2D eigenvalue weighted by molar-refractivity contribution is -0.122. The van der Waals surface area contributed by atoms with Crippen molar-refractivity contribution in [1.29, 1.82) is 0 Å². The van der Waals surface area contributed by atoms with E-state index >= 15 is 0 Å². The first-order valence-corrected chi connectivity index (χ1v) is 3.03. The molecule has 1 atom stereocenters. The Balaban J connectivity index is 2.61. The van der Waals surface area contributed by atoms with Gasteiger partial charge in [0.05, 0.1) is 6.61 Å². The van der Waals surface area contributed by atoms with Crippen molar-refractivity contribution < 1.29 is 9.53 Å². The topological polar surface area (TPSA) is 52.3 Å². The number of carbonyl (C=O) groups excluding carboxylic acids is 1. The Kier molecular flexibility index (Phi) is 1.55. The summed E-state index contributed by atoms with van der Waals surface area (Å²) in [6.45, 7) is 2.52. The predicted octanol–water partition coefficient (Wildman–Crippen LogP) is -0.307. The van der Waals surface area contributed by atoms with Crippen LogP contribution < -0.4 is 5.73 Å². The Hall–Kier alpha value is -0.410. The van der Waals surface area contributed by atoms with E-state index in [0.29, 0.717) is 19.6 Å². The van der Waals surface area contributed by atoms with E-state index in [1.807, 2.05) is 0 Å². The molecule has 1 saturated heterocycles. The molecular weight excluding hydrogens is 118 g/mol. The van der Waals surface area contributed by atoms with Gasteiger partial charge in [-0.15, -0.1) is 0 Å². The highest BCUT2D eigenvalue weighted by atomic mass is 16.5. The molecule has 3 heteroatoms. The van der Waals surface area contributed by atoms with Crippen LogP contribution in [0.15, 0.2) is 0 Å². The average Bonchev–Trinajstić information content (AvgIpc) is 2.16. The Morgan fingerprint density at radius 3 is 2.67 bits per heavy atom. The molecule has 9 heavy (non-hydrogen) atoms. The molecule has 0 spiro atoms. The number of Topliss-reactive ketones (excluding diaryl/α,β-unsaturated/α-hetero) is 1. The molecule has 0 amide bonds. The quantitative estimate of drug-likeness (QED) is 0.528. The second-order valence-corrected chi connectivity index (χ2v) is 2.51. The van der Waals surface area contributed by atoms with E-state index in [-0.39, 0.29) is 5.78 Å². The predicted molar refractivity (Wildman–Crippen MR) is 33.0 cm³/mol. The molecule has 1 aliphatic rings. The van der Waals surface area contributed by atoms with Gasteiger partial charge < -0.3 is 10.5 Å². The molecule has 0 aromatic rings. The number of hydrogen-bond donors (Lipinski definition) is 1. The normalized spacial score (nSPS) is 34.9. The number of nitrogens with two attached hydrogens (primary N) is 1. The van der Waals surface area contributed by atoms with Gasteiger partial charge in [0.2, 0.25) is 0 Å². The fourth-order valence-corrected chi connectivity index (χ4v) is 0.858. The van der Waals surface area contributed by atoms with Crippen LogP contribution in [0.5, 0.6) is 0 Å². The van der Waals surface area contributed by atoms with Gasteiger partial charge in [-0.1, -0.05) is 0 Å². The molecule has 0 saturated carbocycles.